The van der Waals surface area contributed by atoms with Crippen molar-refractivity contribution in [2.75, 3.05) is 20.8 Å². The van der Waals surface area contributed by atoms with Crippen molar-refractivity contribution in [2.45, 2.75) is 23.8 Å². The number of aliphatic carboxylic acids is 1. The van der Waals surface area contributed by atoms with Crippen LogP contribution in [-0.2, 0) is 14.8 Å². The van der Waals surface area contributed by atoms with Crippen LogP contribution in [0.15, 0.2) is 71.6 Å². The number of ether oxygens (including phenoxy) is 2. The Labute approximate surface area is 220 Å². The molecule has 9 nitrogen and oxygen atoms in total. The maximum atomic E-state index is 12.8. The number of carbonyl (C=O) groups is 2. The maximum Gasteiger partial charge on any atom is 0.321 e. The fraction of sp³-hybridized carbons (Fsp3) is 0.231. The van der Waals surface area contributed by atoms with Gasteiger partial charge in [0, 0.05) is 17.1 Å². The summed E-state index contributed by atoms with van der Waals surface area (Å²) in [6.45, 7) is 0.147. The van der Waals surface area contributed by atoms with Gasteiger partial charge in [-0.05, 0) is 66.4 Å². The van der Waals surface area contributed by atoms with Crippen LogP contribution in [-0.4, -0.2) is 52.2 Å². The number of methoxy groups -OCH3 is 2. The monoisotopic (exact) mass is 546 g/mol. The van der Waals surface area contributed by atoms with Crippen LogP contribution < -0.4 is 19.5 Å². The molecule has 0 fully saturated rings. The Morgan fingerprint density at radius 3 is 2.08 bits per heavy atom. The van der Waals surface area contributed by atoms with Crippen molar-refractivity contribution in [2.24, 2.45) is 0 Å². The molecule has 1 atom stereocenters. The molecule has 0 radical (unpaired) electrons. The number of amides is 1. The number of nitrogens with one attached hydrogen (secondary N) is 2. The fourth-order valence-corrected chi connectivity index (χ4v) is 4.89. The zero-order valence-corrected chi connectivity index (χ0v) is 21.8. The summed E-state index contributed by atoms with van der Waals surface area (Å²) in [6, 6.07) is 16.5. The van der Waals surface area contributed by atoms with Gasteiger partial charge in [0.15, 0.2) is 11.5 Å². The van der Waals surface area contributed by atoms with Crippen LogP contribution in [0.2, 0.25) is 5.02 Å². The van der Waals surface area contributed by atoms with E-state index < -0.39 is 22.0 Å². The molecule has 0 aliphatic heterocycles. The molecule has 3 N–H and O–H groups in total. The van der Waals surface area contributed by atoms with Gasteiger partial charge in [-0.1, -0.05) is 35.9 Å². The number of hydrogen-bond donors (Lipinski definition) is 3. The summed E-state index contributed by atoms with van der Waals surface area (Å²) in [4.78, 5) is 24.1. The number of rotatable bonds is 12. The number of sulfonamides is 1. The van der Waals surface area contributed by atoms with E-state index >= 15 is 0 Å². The summed E-state index contributed by atoms with van der Waals surface area (Å²) in [6.07, 6.45) is 0.206. The third-order valence-electron chi connectivity index (χ3n) is 5.54. The molecule has 0 saturated carbocycles. The lowest BCUT2D eigenvalue weighted by Crippen LogP contribution is -2.41. The number of carbonyl (C=O) groups excluding carboxylic acids is 1. The topological polar surface area (TPSA) is 131 Å². The van der Waals surface area contributed by atoms with Gasteiger partial charge in [-0.15, -0.1) is 0 Å². The SMILES string of the molecule is COc1ccc(C(=O)NCCC[C@H](NS(=O)(=O)c2ccc(-c3ccc(Cl)cc3)cc2)C(=O)O)cc1OC. The van der Waals surface area contributed by atoms with Crippen molar-refractivity contribution in [3.8, 4) is 22.6 Å². The van der Waals surface area contributed by atoms with Crippen molar-refractivity contribution in [3.63, 3.8) is 0 Å². The summed E-state index contributed by atoms with van der Waals surface area (Å²) < 4.78 is 38.2. The van der Waals surface area contributed by atoms with Gasteiger partial charge >= 0.3 is 5.97 Å². The Balaban J connectivity index is 1.57. The van der Waals surface area contributed by atoms with Crippen molar-refractivity contribution in [1.82, 2.24) is 10.0 Å². The minimum atomic E-state index is -4.09. The first-order valence-electron chi connectivity index (χ1n) is 11.3. The van der Waals surface area contributed by atoms with Crippen molar-refractivity contribution in [3.05, 3.63) is 77.3 Å². The summed E-state index contributed by atoms with van der Waals surface area (Å²) in [5.41, 5.74) is 1.99. The van der Waals surface area contributed by atoms with Crippen LogP contribution in [0.25, 0.3) is 11.1 Å². The second-order valence-electron chi connectivity index (χ2n) is 8.01. The van der Waals surface area contributed by atoms with Gasteiger partial charge < -0.3 is 19.9 Å². The van der Waals surface area contributed by atoms with Crippen LogP contribution >= 0.6 is 11.6 Å². The van der Waals surface area contributed by atoms with E-state index in [1.807, 2.05) is 12.1 Å². The highest BCUT2D eigenvalue weighted by molar-refractivity contribution is 7.89. The van der Waals surface area contributed by atoms with Crippen molar-refractivity contribution in [1.29, 1.82) is 0 Å². The van der Waals surface area contributed by atoms with E-state index in [1.54, 1.807) is 36.4 Å². The van der Waals surface area contributed by atoms with Gasteiger partial charge in [0.05, 0.1) is 19.1 Å². The third kappa shape index (κ3) is 7.45. The lowest BCUT2D eigenvalue weighted by Gasteiger charge is -2.15. The number of carboxylic acids is 1. The van der Waals surface area contributed by atoms with E-state index in [-0.39, 0.29) is 30.2 Å². The molecular formula is C26H27ClN2O7S. The van der Waals surface area contributed by atoms with Crippen molar-refractivity contribution < 1.29 is 32.6 Å². The van der Waals surface area contributed by atoms with E-state index in [2.05, 4.69) is 10.0 Å². The minimum Gasteiger partial charge on any atom is -0.493 e. The predicted octanol–water partition coefficient (Wildman–Crippen LogP) is 3.97. The maximum absolute atomic E-state index is 12.8. The molecule has 0 aliphatic carbocycles. The third-order valence-corrected chi connectivity index (χ3v) is 7.28. The molecule has 0 unspecified atom stereocenters. The summed E-state index contributed by atoms with van der Waals surface area (Å²) in [5.74, 6) is -0.811. The van der Waals surface area contributed by atoms with Gasteiger partial charge in [-0.3, -0.25) is 9.59 Å². The highest BCUT2D eigenvalue weighted by Crippen LogP contribution is 2.27. The number of carboxylic acid groups (broad SMARTS) is 1. The molecule has 0 aromatic heterocycles. The molecule has 0 aliphatic rings. The number of halogens is 1. The Kier molecular flexibility index (Phi) is 9.51. The highest BCUT2D eigenvalue weighted by Gasteiger charge is 2.25. The first kappa shape index (κ1) is 28.0. The Hall–Kier alpha value is -3.60. The zero-order chi connectivity index (χ0) is 27.0. The predicted molar refractivity (Wildman–Crippen MR) is 140 cm³/mol. The lowest BCUT2D eigenvalue weighted by atomic mass is 10.1. The average molecular weight is 547 g/mol. The summed E-state index contributed by atoms with van der Waals surface area (Å²) in [5, 5.41) is 12.8. The Bertz CT molecular complexity index is 1340. The Morgan fingerprint density at radius 1 is 0.919 bits per heavy atom. The molecule has 196 valence electrons. The summed E-state index contributed by atoms with van der Waals surface area (Å²) >= 11 is 5.90. The molecule has 0 spiro atoms. The van der Waals surface area contributed by atoms with Gasteiger partial charge in [-0.25, -0.2) is 8.42 Å². The molecular weight excluding hydrogens is 520 g/mol. The fourth-order valence-electron chi connectivity index (χ4n) is 3.54. The average Bonchev–Trinajstić information content (AvgIpc) is 2.90. The molecule has 3 rings (SSSR count). The molecule has 37 heavy (non-hydrogen) atoms. The first-order valence-corrected chi connectivity index (χ1v) is 13.1. The first-order chi connectivity index (χ1) is 17.6. The molecule has 0 bridgehead atoms. The molecule has 0 heterocycles. The van der Waals surface area contributed by atoms with Crippen LogP contribution in [0.5, 0.6) is 11.5 Å². The van der Waals surface area contributed by atoms with Gasteiger partial charge in [-0.2, -0.15) is 4.72 Å². The molecule has 0 saturated heterocycles. The summed E-state index contributed by atoms with van der Waals surface area (Å²) in [7, 11) is -1.14. The minimum absolute atomic E-state index is 0.0242. The lowest BCUT2D eigenvalue weighted by molar-refractivity contribution is -0.139. The molecule has 11 heteroatoms. The van der Waals surface area contributed by atoms with Gasteiger partial charge in [0.25, 0.3) is 5.91 Å². The van der Waals surface area contributed by atoms with Gasteiger partial charge in [0.1, 0.15) is 6.04 Å². The quantitative estimate of drug-likeness (QED) is 0.293. The molecule has 1 amide bonds. The van der Waals surface area contributed by atoms with E-state index in [4.69, 9.17) is 21.1 Å². The van der Waals surface area contributed by atoms with E-state index in [1.165, 1.54) is 32.4 Å². The van der Waals surface area contributed by atoms with Crippen LogP contribution in [0.4, 0.5) is 0 Å². The molecule has 3 aromatic carbocycles. The second kappa shape index (κ2) is 12.6. The smallest absolute Gasteiger partial charge is 0.321 e. The zero-order valence-electron chi connectivity index (χ0n) is 20.2. The largest absolute Gasteiger partial charge is 0.493 e. The van der Waals surface area contributed by atoms with Crippen LogP contribution in [0, 0.1) is 0 Å². The standard InChI is InChI=1S/C26H27ClN2O7S/c1-35-23-14-9-19(16-24(23)36-2)25(30)28-15-3-4-22(26(31)32)29-37(33,34)21-12-7-18(8-13-21)17-5-10-20(27)11-6-17/h5-14,16,22,29H,3-4,15H2,1-2H3,(H,28,30)(H,31,32)/t22-/m0/s1. The Morgan fingerprint density at radius 2 is 1.51 bits per heavy atom. The van der Waals surface area contributed by atoms with Gasteiger partial charge in [0.2, 0.25) is 10.0 Å². The van der Waals surface area contributed by atoms with E-state index in [9.17, 15) is 23.1 Å². The van der Waals surface area contributed by atoms with Crippen LogP contribution in [0.1, 0.15) is 23.2 Å². The molecule has 3 aromatic rings. The van der Waals surface area contributed by atoms with Crippen molar-refractivity contribution >= 4 is 33.5 Å². The normalized spacial score (nSPS) is 12.0. The van der Waals surface area contributed by atoms with E-state index in [0.717, 1.165) is 11.1 Å². The van der Waals surface area contributed by atoms with E-state index in [0.29, 0.717) is 22.1 Å². The number of benzene rings is 3. The number of hydrogen-bond acceptors (Lipinski definition) is 6. The second-order valence-corrected chi connectivity index (χ2v) is 10.2. The highest BCUT2D eigenvalue weighted by atomic mass is 35.5. The van der Waals surface area contributed by atoms with Crippen LogP contribution in [0.3, 0.4) is 0 Å².